The summed E-state index contributed by atoms with van der Waals surface area (Å²) in [6, 6.07) is 11.2. The average Bonchev–Trinajstić information content (AvgIpc) is 3.12. The highest BCUT2D eigenvalue weighted by Gasteiger charge is 2.34. The number of nitrogens with zero attached hydrogens (tertiary/aromatic N) is 1. The summed E-state index contributed by atoms with van der Waals surface area (Å²) in [7, 11) is 0. The zero-order chi connectivity index (χ0) is 21.4. The number of primary amides is 1. The molecule has 1 saturated carbocycles. The second-order valence-corrected chi connectivity index (χ2v) is 8.75. The maximum absolute atomic E-state index is 13.7. The standard InChI is InChI=1S/C25H28FN3O2/c26-17-9-10-23-21(12-17)16(14-28-23)4-3-11-29(18-5-1-6-18)19-13-22-20(25(27)30)7-2-8-24(22)31-15-19/h2,7-10,12,14,18-19,28H,1,3-6,11,13,15H2,(H2,27,30)/t19-/m0/s1. The molecule has 1 aliphatic heterocycles. The average molecular weight is 422 g/mol. The van der Waals surface area contributed by atoms with E-state index in [-0.39, 0.29) is 11.9 Å². The number of aryl methyl sites for hydroxylation is 1. The molecule has 0 saturated heterocycles. The summed E-state index contributed by atoms with van der Waals surface area (Å²) in [4.78, 5) is 17.7. The van der Waals surface area contributed by atoms with E-state index in [0.29, 0.717) is 18.2 Å². The van der Waals surface area contributed by atoms with Crippen LogP contribution in [0.5, 0.6) is 5.75 Å². The highest BCUT2D eigenvalue weighted by molar-refractivity contribution is 5.95. The molecule has 1 fully saturated rings. The molecule has 5 nitrogen and oxygen atoms in total. The lowest BCUT2D eigenvalue weighted by Crippen LogP contribution is -2.51. The van der Waals surface area contributed by atoms with Gasteiger partial charge in [0.15, 0.2) is 0 Å². The predicted octanol–water partition coefficient (Wildman–Crippen LogP) is 4.20. The van der Waals surface area contributed by atoms with Gasteiger partial charge in [0.25, 0.3) is 0 Å². The van der Waals surface area contributed by atoms with Crippen molar-refractivity contribution in [3.8, 4) is 5.75 Å². The van der Waals surface area contributed by atoms with Gasteiger partial charge >= 0.3 is 0 Å². The number of halogens is 1. The first-order valence-corrected chi connectivity index (χ1v) is 11.2. The van der Waals surface area contributed by atoms with Crippen LogP contribution in [0.1, 0.15) is 47.2 Å². The number of ether oxygens (including phenoxy) is 1. The van der Waals surface area contributed by atoms with E-state index in [0.717, 1.165) is 53.6 Å². The fourth-order valence-electron chi connectivity index (χ4n) is 5.03. The Morgan fingerprint density at radius 3 is 2.87 bits per heavy atom. The first-order chi connectivity index (χ1) is 15.1. The number of nitrogens with two attached hydrogens (primary N) is 1. The number of amides is 1. The number of aromatic amines is 1. The van der Waals surface area contributed by atoms with Gasteiger partial charge in [-0.15, -0.1) is 0 Å². The first-order valence-electron chi connectivity index (χ1n) is 11.2. The summed E-state index contributed by atoms with van der Waals surface area (Å²) in [5, 5.41) is 0.969. The Balaban J connectivity index is 1.30. The maximum Gasteiger partial charge on any atom is 0.249 e. The quantitative estimate of drug-likeness (QED) is 0.601. The lowest BCUT2D eigenvalue weighted by molar-refractivity contribution is 0.0434. The third kappa shape index (κ3) is 3.92. The van der Waals surface area contributed by atoms with Crippen molar-refractivity contribution in [2.75, 3.05) is 13.2 Å². The van der Waals surface area contributed by atoms with Crippen molar-refractivity contribution in [2.24, 2.45) is 5.73 Å². The van der Waals surface area contributed by atoms with Gasteiger partial charge < -0.3 is 15.5 Å². The van der Waals surface area contributed by atoms with Crippen LogP contribution in [-0.2, 0) is 12.8 Å². The highest BCUT2D eigenvalue weighted by Crippen LogP contribution is 2.34. The topological polar surface area (TPSA) is 71.4 Å². The smallest absolute Gasteiger partial charge is 0.249 e. The third-order valence-corrected chi connectivity index (χ3v) is 6.87. The molecule has 1 aliphatic carbocycles. The molecule has 162 valence electrons. The lowest BCUT2D eigenvalue weighted by atomic mass is 9.87. The SMILES string of the molecule is NC(=O)c1cccc2c1C[C@H](N(CCCc1c[nH]c3ccc(F)cc13)C1CCC1)CO2. The number of hydrogen-bond acceptors (Lipinski definition) is 3. The molecule has 1 aromatic heterocycles. The molecule has 2 aliphatic rings. The Bertz CT molecular complexity index is 1110. The van der Waals surface area contributed by atoms with Crippen molar-refractivity contribution >= 4 is 16.8 Å². The van der Waals surface area contributed by atoms with Crippen LogP contribution in [0.4, 0.5) is 4.39 Å². The lowest BCUT2D eigenvalue weighted by Gasteiger charge is -2.44. The van der Waals surface area contributed by atoms with Gasteiger partial charge in [0, 0.05) is 40.3 Å². The summed E-state index contributed by atoms with van der Waals surface area (Å²) in [6.45, 7) is 1.58. The van der Waals surface area contributed by atoms with Gasteiger partial charge in [-0.2, -0.15) is 0 Å². The fourth-order valence-corrected chi connectivity index (χ4v) is 5.03. The van der Waals surface area contributed by atoms with Crippen molar-refractivity contribution in [3.63, 3.8) is 0 Å². The van der Waals surface area contributed by atoms with Crippen LogP contribution in [-0.4, -0.2) is 41.0 Å². The van der Waals surface area contributed by atoms with Gasteiger partial charge in [0.05, 0.1) is 0 Å². The molecule has 0 radical (unpaired) electrons. The number of carbonyl (C=O) groups is 1. The summed E-state index contributed by atoms with van der Waals surface area (Å²) >= 11 is 0. The van der Waals surface area contributed by atoms with Gasteiger partial charge in [-0.3, -0.25) is 9.69 Å². The van der Waals surface area contributed by atoms with Gasteiger partial charge in [0.2, 0.25) is 5.91 Å². The molecule has 2 heterocycles. The number of rotatable bonds is 7. The first kappa shape index (κ1) is 20.1. The number of H-pyrrole nitrogens is 1. The van der Waals surface area contributed by atoms with Crippen molar-refractivity contribution in [3.05, 3.63) is 65.1 Å². The molecule has 3 aromatic rings. The van der Waals surface area contributed by atoms with Gasteiger partial charge in [-0.05, 0) is 74.5 Å². The molecule has 6 heteroatoms. The number of aromatic nitrogens is 1. The summed E-state index contributed by atoms with van der Waals surface area (Å²) in [5.41, 5.74) is 9.24. The Morgan fingerprint density at radius 2 is 2.10 bits per heavy atom. The van der Waals surface area contributed by atoms with Crippen LogP contribution >= 0.6 is 0 Å². The maximum atomic E-state index is 13.7. The molecule has 5 rings (SSSR count). The Kier molecular flexibility index (Phi) is 5.40. The molecule has 3 N–H and O–H groups in total. The molecular formula is C25H28FN3O2. The molecule has 1 amide bonds. The second-order valence-electron chi connectivity index (χ2n) is 8.75. The zero-order valence-corrected chi connectivity index (χ0v) is 17.6. The molecule has 2 aromatic carbocycles. The molecule has 1 atom stereocenters. The number of benzene rings is 2. The second kappa shape index (κ2) is 8.35. The minimum absolute atomic E-state index is 0.201. The number of carbonyl (C=O) groups excluding carboxylic acids is 1. The number of nitrogens with one attached hydrogen (secondary N) is 1. The van der Waals surface area contributed by atoms with E-state index < -0.39 is 5.91 Å². The van der Waals surface area contributed by atoms with Crippen LogP contribution in [0.15, 0.2) is 42.6 Å². The van der Waals surface area contributed by atoms with E-state index >= 15 is 0 Å². The molecule has 0 spiro atoms. The van der Waals surface area contributed by atoms with E-state index in [9.17, 15) is 9.18 Å². The van der Waals surface area contributed by atoms with Crippen LogP contribution < -0.4 is 10.5 Å². The monoisotopic (exact) mass is 421 g/mol. The summed E-state index contributed by atoms with van der Waals surface area (Å²) in [6.07, 6.45) is 8.34. The van der Waals surface area contributed by atoms with E-state index in [1.165, 1.54) is 25.3 Å². The fraction of sp³-hybridized carbons (Fsp3) is 0.400. The predicted molar refractivity (Wildman–Crippen MR) is 119 cm³/mol. The largest absolute Gasteiger partial charge is 0.492 e. The molecular weight excluding hydrogens is 393 g/mol. The minimum Gasteiger partial charge on any atom is -0.492 e. The minimum atomic E-state index is -0.400. The van der Waals surface area contributed by atoms with E-state index in [2.05, 4.69) is 9.88 Å². The Labute approximate surface area is 181 Å². The Morgan fingerprint density at radius 1 is 1.23 bits per heavy atom. The molecule has 31 heavy (non-hydrogen) atoms. The van der Waals surface area contributed by atoms with Crippen molar-refractivity contribution in [2.45, 2.75) is 50.6 Å². The summed E-state index contributed by atoms with van der Waals surface area (Å²) in [5.74, 6) is 0.178. The van der Waals surface area contributed by atoms with E-state index in [4.69, 9.17) is 10.5 Å². The van der Waals surface area contributed by atoms with Crippen molar-refractivity contribution in [1.82, 2.24) is 9.88 Å². The van der Waals surface area contributed by atoms with Crippen LogP contribution in [0, 0.1) is 5.82 Å². The van der Waals surface area contributed by atoms with E-state index in [1.807, 2.05) is 18.3 Å². The zero-order valence-electron chi connectivity index (χ0n) is 17.6. The van der Waals surface area contributed by atoms with Gasteiger partial charge in [0.1, 0.15) is 18.2 Å². The van der Waals surface area contributed by atoms with Gasteiger partial charge in [-0.25, -0.2) is 4.39 Å². The van der Waals surface area contributed by atoms with Gasteiger partial charge in [-0.1, -0.05) is 12.5 Å². The van der Waals surface area contributed by atoms with E-state index in [1.54, 1.807) is 18.2 Å². The van der Waals surface area contributed by atoms with Crippen LogP contribution in [0.3, 0.4) is 0 Å². The number of hydrogen-bond donors (Lipinski definition) is 2. The van der Waals surface area contributed by atoms with Crippen molar-refractivity contribution < 1.29 is 13.9 Å². The van der Waals surface area contributed by atoms with Crippen LogP contribution in [0.2, 0.25) is 0 Å². The summed E-state index contributed by atoms with van der Waals surface area (Å²) < 4.78 is 19.7. The molecule has 0 bridgehead atoms. The number of fused-ring (bicyclic) bond motifs is 2. The Hall–Kier alpha value is -2.86. The highest BCUT2D eigenvalue weighted by atomic mass is 19.1. The molecule has 0 unspecified atom stereocenters. The normalized spacial score (nSPS) is 18.6. The van der Waals surface area contributed by atoms with Crippen LogP contribution in [0.25, 0.3) is 10.9 Å². The van der Waals surface area contributed by atoms with Crippen molar-refractivity contribution in [1.29, 1.82) is 0 Å². The third-order valence-electron chi connectivity index (χ3n) is 6.87.